The van der Waals surface area contributed by atoms with Crippen molar-refractivity contribution in [3.05, 3.63) is 89.3 Å². The zero-order valence-corrected chi connectivity index (χ0v) is 62.5. The van der Waals surface area contributed by atoms with Crippen LogP contribution in [-0.4, -0.2) is 265 Å². The number of carbonyl (C=O) groups is 6. The number of methoxy groups -OCH3 is 1. The lowest BCUT2D eigenvalue weighted by atomic mass is 9.88. The molecule has 107 heavy (non-hydrogen) atoms. The number of likely N-dealkylation sites (tertiary alicyclic amines) is 2. The molecule has 0 aliphatic carbocycles. The lowest BCUT2D eigenvalue weighted by Gasteiger charge is -2.31. The van der Waals surface area contributed by atoms with Crippen molar-refractivity contribution < 1.29 is 88.6 Å². The summed E-state index contributed by atoms with van der Waals surface area (Å²) in [6.45, 7) is 8.67. The maximum Gasteiger partial charge on any atom is 0.325 e. The Balaban J connectivity index is 0.544. The molecule has 0 atom stereocenters. The number of benzene rings is 3. The smallest absolute Gasteiger partial charge is 0.325 e. The van der Waals surface area contributed by atoms with E-state index in [4.69, 9.17) is 53.7 Å². The monoisotopic (exact) mass is 1530 g/mol. The number of nitrogens with two attached hydrogens (primary N) is 1. The third-order valence-electron chi connectivity index (χ3n) is 17.9. The van der Waals surface area contributed by atoms with E-state index in [1.807, 2.05) is 17.0 Å². The van der Waals surface area contributed by atoms with E-state index in [1.165, 1.54) is 48.7 Å². The Morgan fingerprint density at radius 1 is 0.673 bits per heavy atom. The number of carbonyl (C=O) groups excluding carboxylic acids is 6. The van der Waals surface area contributed by atoms with Crippen LogP contribution in [0.4, 0.5) is 20.4 Å². The van der Waals surface area contributed by atoms with E-state index in [0.29, 0.717) is 200 Å². The Kier molecular flexibility index (Phi) is 32.4. The van der Waals surface area contributed by atoms with Crippen molar-refractivity contribution in [1.29, 1.82) is 0 Å². The molecule has 582 valence electrons. The molecule has 6 heterocycles. The number of nitrogens with one attached hydrogen (secondary N) is 3. The number of rotatable bonds is 45. The highest BCUT2D eigenvalue weighted by molar-refractivity contribution is 7.92. The van der Waals surface area contributed by atoms with Crippen LogP contribution in [-0.2, 0) is 95.0 Å². The number of aromatic nitrogens is 7. The second-order valence-electron chi connectivity index (χ2n) is 25.4. The number of aryl methyl sites for hydroxylation is 1. The molecular formula is C72H96F2N14O17S2. The fourth-order valence-corrected chi connectivity index (χ4v) is 14.6. The summed E-state index contributed by atoms with van der Waals surface area (Å²) in [7, 11) is 0.694. The van der Waals surface area contributed by atoms with Gasteiger partial charge in [0.2, 0.25) is 45.5 Å². The number of amides is 5. The average Bonchev–Trinajstić information content (AvgIpc) is 1.15. The number of fused-ring (bicyclic) bond motifs is 2. The van der Waals surface area contributed by atoms with Crippen molar-refractivity contribution in [1.82, 2.24) is 59.8 Å². The molecule has 3 aromatic carbocycles. The minimum Gasteiger partial charge on any atom is -0.468 e. The molecule has 0 radical (unpaired) electrons. The normalized spacial score (nSPS) is 13.7. The number of piperidine rings is 2. The van der Waals surface area contributed by atoms with E-state index in [2.05, 4.69) is 35.2 Å². The van der Waals surface area contributed by atoms with Gasteiger partial charge in [0, 0.05) is 99.6 Å². The van der Waals surface area contributed by atoms with Crippen molar-refractivity contribution in [2.24, 2.45) is 7.05 Å². The van der Waals surface area contributed by atoms with Gasteiger partial charge in [-0.05, 0) is 74.1 Å². The molecule has 2 aliphatic rings. The van der Waals surface area contributed by atoms with Crippen molar-refractivity contribution in [3.63, 3.8) is 0 Å². The van der Waals surface area contributed by atoms with Gasteiger partial charge in [0.1, 0.15) is 18.9 Å². The first-order chi connectivity index (χ1) is 51.8. The predicted octanol–water partition coefficient (Wildman–Crippen LogP) is 5.46. The highest BCUT2D eigenvalue weighted by atomic mass is 32.2. The molecular weight excluding hydrogens is 1440 g/mol. The zero-order valence-electron chi connectivity index (χ0n) is 60.9. The Bertz CT molecular complexity index is 4210. The molecule has 35 heteroatoms. The first-order valence-corrected chi connectivity index (χ1v) is 38.3. The average molecular weight is 1530 g/mol. The van der Waals surface area contributed by atoms with Crippen LogP contribution in [0.2, 0.25) is 0 Å². The number of esters is 1. The molecule has 2 saturated heterocycles. The summed E-state index contributed by atoms with van der Waals surface area (Å²) in [5.74, 6) is -3.55. The van der Waals surface area contributed by atoms with E-state index in [9.17, 15) is 37.2 Å². The van der Waals surface area contributed by atoms with E-state index >= 15 is 8.78 Å². The lowest BCUT2D eigenvalue weighted by molar-refractivity contribution is -0.141. The number of nitrogen functional groups attached to an aromatic ring is 1. The first-order valence-electron chi connectivity index (χ1n) is 35.8. The number of halogens is 2. The number of hydrogen-bond acceptors (Lipinski definition) is 24. The number of nitrogens with zero attached hydrogens (tertiary/aromatic N) is 10. The number of hydrogen-bond donors (Lipinski definition) is 4. The van der Waals surface area contributed by atoms with Crippen LogP contribution < -0.4 is 21.1 Å². The van der Waals surface area contributed by atoms with Crippen LogP contribution in [0.1, 0.15) is 80.8 Å². The van der Waals surface area contributed by atoms with Gasteiger partial charge in [0.15, 0.2) is 5.82 Å². The van der Waals surface area contributed by atoms with Crippen LogP contribution >= 0.6 is 11.3 Å². The third-order valence-corrected chi connectivity index (χ3v) is 20.6. The van der Waals surface area contributed by atoms with Gasteiger partial charge in [-0.3, -0.25) is 42.9 Å². The Hall–Kier alpha value is -8.78. The molecule has 5 N–H and O–H groups in total. The number of anilines is 2. The summed E-state index contributed by atoms with van der Waals surface area (Å²) in [5.41, 5.74) is 9.52. The summed E-state index contributed by atoms with van der Waals surface area (Å²) in [6, 6.07) is 14.8. The Morgan fingerprint density at radius 2 is 1.25 bits per heavy atom. The van der Waals surface area contributed by atoms with Gasteiger partial charge in [-0.1, -0.05) is 25.1 Å². The summed E-state index contributed by atoms with van der Waals surface area (Å²) >= 11 is 1.37. The van der Waals surface area contributed by atoms with Crippen molar-refractivity contribution in [2.45, 2.75) is 76.7 Å². The SMILES string of the molecule is CCCS(=O)(=O)Nc1cccc(-c2nc(C3CCN(C(=O)CCOCCOCCOCCOCCOCCOCCOCCOCCNC(=O)CCC(=O)N4CCC(c5nn(CC(=O)N(C)CC(=O)NCC(=O)OC)c6cccc(-c7cc8c(cnn8C)cc7F)c56)CC4)CC3)sc2-c2ccnc(N)n2)c1F. The largest absolute Gasteiger partial charge is 0.468 e. The molecule has 2 aliphatic heterocycles. The van der Waals surface area contributed by atoms with Crippen molar-refractivity contribution >= 4 is 90.3 Å². The summed E-state index contributed by atoms with van der Waals surface area (Å²) < 4.78 is 112. The number of likely N-dealkylation sites (N-methyl/N-ethyl adjacent to an activating group) is 1. The van der Waals surface area contributed by atoms with E-state index in [1.54, 1.807) is 64.8 Å². The van der Waals surface area contributed by atoms with Crippen molar-refractivity contribution in [2.75, 3.05) is 182 Å². The van der Waals surface area contributed by atoms with Crippen molar-refractivity contribution in [3.8, 4) is 33.0 Å². The predicted molar refractivity (Wildman–Crippen MR) is 393 cm³/mol. The molecule has 0 unspecified atom stereocenters. The number of sulfonamides is 1. The molecule has 31 nitrogen and oxygen atoms in total. The quantitative estimate of drug-likeness (QED) is 0.0272. The topological polar surface area (TPSA) is 366 Å². The van der Waals surface area contributed by atoms with E-state index in [0.717, 1.165) is 10.5 Å². The molecule has 0 saturated carbocycles. The van der Waals surface area contributed by atoms with Gasteiger partial charge in [0.25, 0.3) is 0 Å². The van der Waals surface area contributed by atoms with Crippen LogP contribution in [0.15, 0.2) is 67.0 Å². The third kappa shape index (κ3) is 24.6. The van der Waals surface area contributed by atoms with Crippen LogP contribution in [0.3, 0.4) is 0 Å². The van der Waals surface area contributed by atoms with Crippen LogP contribution in [0, 0.1) is 11.6 Å². The molecule has 2 fully saturated rings. The summed E-state index contributed by atoms with van der Waals surface area (Å²) in [4.78, 5) is 95.5. The minimum atomic E-state index is -3.76. The number of ether oxygens (including phenoxy) is 9. The molecule has 4 aromatic heterocycles. The number of thiazole rings is 1. The highest BCUT2D eigenvalue weighted by Gasteiger charge is 2.32. The minimum absolute atomic E-state index is 0.00789. The first kappa shape index (κ1) is 82.3. The second-order valence-corrected chi connectivity index (χ2v) is 28.3. The molecule has 5 amide bonds. The molecule has 0 spiro atoms. The Labute approximate surface area is 623 Å². The fraction of sp³-hybridized carbons (Fsp3) is 0.542. The second kappa shape index (κ2) is 42.1. The van der Waals surface area contributed by atoms with E-state index in [-0.39, 0.29) is 111 Å². The fourth-order valence-electron chi connectivity index (χ4n) is 12.2. The molecule has 0 bridgehead atoms. The van der Waals surface area contributed by atoms with Gasteiger partial charge in [-0.2, -0.15) is 10.2 Å². The zero-order chi connectivity index (χ0) is 76.1. The van der Waals surface area contributed by atoms with E-state index < -0.39 is 39.4 Å². The summed E-state index contributed by atoms with van der Waals surface area (Å²) in [5, 5.41) is 16.6. The molecule has 9 rings (SSSR count). The Morgan fingerprint density at radius 3 is 1.86 bits per heavy atom. The standard InChI is InChI=1S/C72H96F2N14O17S2/c1-5-42-107(95,96)83-56-10-6-9-53(67(56)74)69-70(57-14-20-77-72(75)80-57)106-71(81-69)50-17-24-87(25-18-50)63(92)19-26-98-28-30-100-32-34-102-36-38-104-40-41-105-39-37-103-35-33-101-31-29-99-27-21-76-60(89)12-13-62(91)86-22-15-49(16-23-86)68-66-52(54-44-59-51(43-55(54)73)45-79-85(59)3)8-7-11-58(66)88(82-68)48-64(93)84(2)47-61(90)78-46-65(94)97-4/h6-11,14,20,43-45,49-50,83H,5,12-13,15-19,21-42,46-48H2,1-4H3,(H,76,89)(H,78,90)(H2,75,77,80). The van der Waals surface area contributed by atoms with Gasteiger partial charge in [-0.15, -0.1) is 11.3 Å². The summed E-state index contributed by atoms with van der Waals surface area (Å²) in [6.07, 6.45) is 6.07. The molecule has 7 aromatic rings. The van der Waals surface area contributed by atoms with Gasteiger partial charge < -0.3 is 73.7 Å². The van der Waals surface area contributed by atoms with Gasteiger partial charge >= 0.3 is 5.97 Å². The van der Waals surface area contributed by atoms with Crippen LogP contribution in [0.5, 0.6) is 0 Å². The van der Waals surface area contributed by atoms with Gasteiger partial charge in [-0.25, -0.2) is 32.2 Å². The maximum atomic E-state index is 16.1. The van der Waals surface area contributed by atoms with Gasteiger partial charge in [0.05, 0.1) is 181 Å². The van der Waals surface area contributed by atoms with Crippen LogP contribution in [0.25, 0.3) is 54.8 Å². The highest BCUT2D eigenvalue weighted by Crippen LogP contribution is 2.44. The maximum absolute atomic E-state index is 16.1. The lowest BCUT2D eigenvalue weighted by Crippen LogP contribution is -2.41.